The van der Waals surface area contributed by atoms with E-state index in [9.17, 15) is 13.2 Å². The molecule has 0 unspecified atom stereocenters. The molecule has 156 valence electrons. The van der Waals surface area contributed by atoms with Gasteiger partial charge in [-0.3, -0.25) is 0 Å². The van der Waals surface area contributed by atoms with E-state index >= 15 is 0 Å². The van der Waals surface area contributed by atoms with Gasteiger partial charge in [-0.25, -0.2) is 14.6 Å². The number of ether oxygens (including phenoxy) is 1. The van der Waals surface area contributed by atoms with Crippen LogP contribution in [0, 0.1) is 13.8 Å². The van der Waals surface area contributed by atoms with Crippen LogP contribution in [-0.2, 0) is 12.7 Å². The molecule has 10 heteroatoms. The van der Waals surface area contributed by atoms with Gasteiger partial charge in [-0.1, -0.05) is 12.1 Å². The third kappa shape index (κ3) is 3.67. The van der Waals surface area contributed by atoms with E-state index in [0.29, 0.717) is 17.1 Å². The van der Waals surface area contributed by atoms with Crippen molar-refractivity contribution in [2.75, 3.05) is 7.11 Å². The van der Waals surface area contributed by atoms with Gasteiger partial charge in [-0.05, 0) is 59.1 Å². The summed E-state index contributed by atoms with van der Waals surface area (Å²) in [5.74, 6) is -0.488. The highest BCUT2D eigenvalue weighted by molar-refractivity contribution is 9.10. The Hall–Kier alpha value is -2.88. The first-order valence-corrected chi connectivity index (χ1v) is 9.77. The molecule has 0 aliphatic heterocycles. The Labute approximate surface area is 178 Å². The Morgan fingerprint density at radius 1 is 1.10 bits per heavy atom. The van der Waals surface area contributed by atoms with E-state index in [1.165, 1.54) is 4.68 Å². The monoisotopic (exact) mass is 479 g/mol. The van der Waals surface area contributed by atoms with Crippen LogP contribution in [0.5, 0.6) is 5.75 Å². The summed E-state index contributed by atoms with van der Waals surface area (Å²) in [5.41, 5.74) is 3.56. The number of alkyl halides is 3. The van der Waals surface area contributed by atoms with E-state index in [1.54, 1.807) is 37.6 Å². The number of imidazole rings is 1. The number of hydrogen-bond donors (Lipinski definition) is 0. The average molecular weight is 480 g/mol. The van der Waals surface area contributed by atoms with Crippen LogP contribution in [0.1, 0.15) is 22.6 Å². The highest BCUT2D eigenvalue weighted by atomic mass is 79.9. The van der Waals surface area contributed by atoms with Crippen molar-refractivity contribution >= 4 is 21.6 Å². The first kappa shape index (κ1) is 20.4. The first-order chi connectivity index (χ1) is 14.2. The van der Waals surface area contributed by atoms with Crippen molar-refractivity contribution < 1.29 is 17.9 Å². The maximum atomic E-state index is 13.3. The Morgan fingerprint density at radius 2 is 1.80 bits per heavy atom. The van der Waals surface area contributed by atoms with E-state index in [1.807, 2.05) is 24.3 Å². The molecule has 0 saturated carbocycles. The SMILES string of the molecule is COc1ccc(Cn2nc(C(F)(F)F)nc2-c2cn3c(C)c(Br)c(C)cc3n2)cc1. The lowest BCUT2D eigenvalue weighted by Crippen LogP contribution is -2.09. The quantitative estimate of drug-likeness (QED) is 0.411. The molecule has 30 heavy (non-hydrogen) atoms. The zero-order valence-electron chi connectivity index (χ0n) is 16.3. The van der Waals surface area contributed by atoms with E-state index in [-0.39, 0.29) is 12.4 Å². The van der Waals surface area contributed by atoms with E-state index in [0.717, 1.165) is 21.3 Å². The molecule has 0 amide bonds. The van der Waals surface area contributed by atoms with Gasteiger partial charge in [0.05, 0.1) is 13.7 Å². The van der Waals surface area contributed by atoms with Gasteiger partial charge in [0.15, 0.2) is 5.82 Å². The second kappa shape index (κ2) is 7.42. The zero-order chi connectivity index (χ0) is 21.6. The molecule has 0 spiro atoms. The molecule has 0 aliphatic rings. The van der Waals surface area contributed by atoms with E-state index in [4.69, 9.17) is 4.74 Å². The highest BCUT2D eigenvalue weighted by Gasteiger charge is 2.37. The van der Waals surface area contributed by atoms with Crippen molar-refractivity contribution in [1.29, 1.82) is 0 Å². The lowest BCUT2D eigenvalue weighted by molar-refractivity contribution is -0.144. The topological polar surface area (TPSA) is 57.2 Å². The maximum absolute atomic E-state index is 13.3. The summed E-state index contributed by atoms with van der Waals surface area (Å²) >= 11 is 3.53. The summed E-state index contributed by atoms with van der Waals surface area (Å²) in [4.78, 5) is 8.27. The molecular formula is C20H17BrF3N5O. The van der Waals surface area contributed by atoms with Gasteiger partial charge < -0.3 is 9.14 Å². The zero-order valence-corrected chi connectivity index (χ0v) is 17.9. The van der Waals surface area contributed by atoms with Crippen LogP contribution in [0.15, 0.2) is 41.0 Å². The lowest BCUT2D eigenvalue weighted by atomic mass is 10.2. The maximum Gasteiger partial charge on any atom is 0.453 e. The second-order valence-electron chi connectivity index (χ2n) is 6.84. The van der Waals surface area contributed by atoms with Crippen molar-refractivity contribution in [3.63, 3.8) is 0 Å². The summed E-state index contributed by atoms with van der Waals surface area (Å²) in [7, 11) is 1.55. The normalized spacial score (nSPS) is 12.0. The van der Waals surface area contributed by atoms with Crippen molar-refractivity contribution in [3.8, 4) is 17.3 Å². The van der Waals surface area contributed by atoms with Gasteiger partial charge in [0, 0.05) is 16.4 Å². The van der Waals surface area contributed by atoms with Crippen LogP contribution in [0.3, 0.4) is 0 Å². The average Bonchev–Trinajstić information content (AvgIpc) is 3.31. The molecule has 0 aliphatic carbocycles. The number of pyridine rings is 1. The summed E-state index contributed by atoms with van der Waals surface area (Å²) in [5, 5.41) is 3.71. The minimum Gasteiger partial charge on any atom is -0.497 e. The number of nitrogens with zero attached hydrogens (tertiary/aromatic N) is 5. The highest BCUT2D eigenvalue weighted by Crippen LogP contribution is 2.30. The van der Waals surface area contributed by atoms with Crippen LogP contribution in [0.4, 0.5) is 13.2 Å². The van der Waals surface area contributed by atoms with Gasteiger partial charge in [0.1, 0.15) is 17.1 Å². The number of methoxy groups -OCH3 is 1. The van der Waals surface area contributed by atoms with Crippen molar-refractivity contribution in [2.45, 2.75) is 26.6 Å². The summed E-state index contributed by atoms with van der Waals surface area (Å²) in [6, 6.07) is 8.88. The molecule has 1 aromatic carbocycles. The number of aromatic nitrogens is 5. The van der Waals surface area contributed by atoms with Gasteiger partial charge in [0.2, 0.25) is 0 Å². The smallest absolute Gasteiger partial charge is 0.453 e. The summed E-state index contributed by atoms with van der Waals surface area (Å²) in [6.07, 6.45) is -2.99. The molecular weight excluding hydrogens is 463 g/mol. The predicted molar refractivity (Wildman–Crippen MR) is 108 cm³/mol. The third-order valence-electron chi connectivity index (χ3n) is 4.75. The number of aryl methyl sites for hydroxylation is 2. The predicted octanol–water partition coefficient (Wildman–Crippen LogP) is 5.05. The Morgan fingerprint density at radius 3 is 2.43 bits per heavy atom. The van der Waals surface area contributed by atoms with Crippen LogP contribution < -0.4 is 4.74 Å². The Kier molecular flexibility index (Phi) is 5.05. The molecule has 4 aromatic rings. The minimum atomic E-state index is -4.66. The third-order valence-corrected chi connectivity index (χ3v) is 5.95. The number of rotatable bonds is 4. The first-order valence-electron chi connectivity index (χ1n) is 8.97. The molecule has 0 N–H and O–H groups in total. The number of halogens is 4. The lowest BCUT2D eigenvalue weighted by Gasteiger charge is -2.06. The van der Waals surface area contributed by atoms with Gasteiger partial charge >= 0.3 is 6.18 Å². The Bertz CT molecular complexity index is 1230. The molecule has 0 saturated heterocycles. The summed E-state index contributed by atoms with van der Waals surface area (Å²) < 4.78 is 49.0. The Balaban J connectivity index is 1.83. The minimum absolute atomic E-state index is 0.0509. The van der Waals surface area contributed by atoms with Crippen LogP contribution in [-0.4, -0.2) is 31.3 Å². The van der Waals surface area contributed by atoms with Crippen LogP contribution in [0.2, 0.25) is 0 Å². The molecule has 0 radical (unpaired) electrons. The van der Waals surface area contributed by atoms with Gasteiger partial charge in [-0.15, -0.1) is 5.10 Å². The number of benzene rings is 1. The number of hydrogen-bond acceptors (Lipinski definition) is 4. The van der Waals surface area contributed by atoms with Crippen LogP contribution >= 0.6 is 15.9 Å². The fourth-order valence-corrected chi connectivity index (χ4v) is 3.49. The molecule has 6 nitrogen and oxygen atoms in total. The molecule has 0 atom stereocenters. The molecule has 4 rings (SSSR count). The second-order valence-corrected chi connectivity index (χ2v) is 7.64. The molecule has 3 heterocycles. The molecule has 0 fully saturated rings. The standard InChI is InChI=1S/C20H17BrF3N5O/c1-11-8-16-25-15(10-28(16)12(2)17(11)21)18-26-19(20(22,23)24)27-29(18)9-13-4-6-14(30-3)7-5-13/h4-8,10H,9H2,1-3H3. The summed E-state index contributed by atoms with van der Waals surface area (Å²) in [6.45, 7) is 3.94. The largest absolute Gasteiger partial charge is 0.497 e. The number of fused-ring (bicyclic) bond motifs is 1. The fourth-order valence-electron chi connectivity index (χ4n) is 3.19. The molecule has 3 aromatic heterocycles. The van der Waals surface area contributed by atoms with E-state index < -0.39 is 12.0 Å². The van der Waals surface area contributed by atoms with Crippen molar-refractivity contribution in [2.24, 2.45) is 0 Å². The van der Waals surface area contributed by atoms with Crippen LogP contribution in [0.25, 0.3) is 17.2 Å². The molecule has 0 bridgehead atoms. The van der Waals surface area contributed by atoms with Crippen molar-refractivity contribution in [1.82, 2.24) is 24.1 Å². The van der Waals surface area contributed by atoms with Gasteiger partial charge in [-0.2, -0.15) is 13.2 Å². The van der Waals surface area contributed by atoms with Gasteiger partial charge in [0.25, 0.3) is 5.82 Å². The van der Waals surface area contributed by atoms with E-state index in [2.05, 4.69) is 31.0 Å². The van der Waals surface area contributed by atoms with Crippen molar-refractivity contribution in [3.05, 3.63) is 63.6 Å². The fraction of sp³-hybridized carbons (Fsp3) is 0.250.